The summed E-state index contributed by atoms with van der Waals surface area (Å²) in [6.07, 6.45) is 5.22. The number of benzene rings is 1. The zero-order chi connectivity index (χ0) is 19.5. The normalized spacial score (nSPS) is 22.8. The van der Waals surface area contributed by atoms with Gasteiger partial charge in [-0.05, 0) is 30.5 Å². The number of rotatable bonds is 6. The van der Waals surface area contributed by atoms with Crippen LogP contribution in [0.4, 0.5) is 0 Å². The second-order valence-corrected chi connectivity index (χ2v) is 7.50. The lowest BCUT2D eigenvalue weighted by atomic mass is 9.81. The van der Waals surface area contributed by atoms with E-state index >= 15 is 0 Å². The fourth-order valence-corrected chi connectivity index (χ4v) is 4.32. The molecule has 1 aromatic heterocycles. The van der Waals surface area contributed by atoms with Gasteiger partial charge in [-0.25, -0.2) is 0 Å². The second-order valence-electron chi connectivity index (χ2n) is 7.50. The summed E-state index contributed by atoms with van der Waals surface area (Å²) >= 11 is 0. The molecule has 146 valence electrons. The molecule has 1 aliphatic heterocycles. The molecule has 1 saturated carbocycles. The highest BCUT2D eigenvalue weighted by molar-refractivity contribution is 6.05. The minimum atomic E-state index is -0.406. The number of nitrogens with zero attached hydrogens (tertiary/aromatic N) is 1. The Morgan fingerprint density at radius 3 is 2.32 bits per heavy atom. The predicted molar refractivity (Wildman–Crippen MR) is 102 cm³/mol. The SMILES string of the molecule is O=C(CCN1C(=O)[C@H]2CCCC[C@H]2C1=O)N[C@H](c1ccccc1)c1ccco1. The highest BCUT2D eigenvalue weighted by atomic mass is 16.3. The molecule has 1 aliphatic carbocycles. The van der Waals surface area contributed by atoms with E-state index in [4.69, 9.17) is 4.42 Å². The number of imide groups is 1. The fourth-order valence-electron chi connectivity index (χ4n) is 4.32. The summed E-state index contributed by atoms with van der Waals surface area (Å²) < 4.78 is 5.49. The van der Waals surface area contributed by atoms with Gasteiger partial charge in [0.05, 0.1) is 18.1 Å². The Morgan fingerprint density at radius 1 is 1.04 bits per heavy atom. The molecule has 2 aliphatic rings. The Labute approximate surface area is 163 Å². The second kappa shape index (κ2) is 8.00. The van der Waals surface area contributed by atoms with Crippen molar-refractivity contribution in [2.75, 3.05) is 6.54 Å². The van der Waals surface area contributed by atoms with Crippen LogP contribution in [0.15, 0.2) is 53.1 Å². The lowest BCUT2D eigenvalue weighted by Crippen LogP contribution is -2.36. The number of amides is 3. The van der Waals surface area contributed by atoms with Crippen molar-refractivity contribution < 1.29 is 18.8 Å². The zero-order valence-electron chi connectivity index (χ0n) is 15.7. The van der Waals surface area contributed by atoms with Crippen molar-refractivity contribution in [1.29, 1.82) is 0 Å². The molecule has 1 aromatic carbocycles. The Balaban J connectivity index is 1.41. The van der Waals surface area contributed by atoms with E-state index in [0.717, 1.165) is 31.2 Å². The average Bonchev–Trinajstić information content (AvgIpc) is 3.34. The molecule has 0 unspecified atom stereocenters. The van der Waals surface area contributed by atoms with Gasteiger partial charge in [0.15, 0.2) is 0 Å². The molecule has 3 atom stereocenters. The maximum atomic E-state index is 12.6. The van der Waals surface area contributed by atoms with Crippen molar-refractivity contribution in [3.05, 3.63) is 60.1 Å². The van der Waals surface area contributed by atoms with E-state index in [0.29, 0.717) is 5.76 Å². The Bertz CT molecular complexity index is 823. The number of likely N-dealkylation sites (tertiary alicyclic amines) is 1. The Kier molecular flexibility index (Phi) is 5.28. The number of fused-ring (bicyclic) bond motifs is 1. The highest BCUT2D eigenvalue weighted by Gasteiger charge is 2.47. The van der Waals surface area contributed by atoms with Gasteiger partial charge in [0.1, 0.15) is 11.8 Å². The van der Waals surface area contributed by atoms with E-state index in [1.54, 1.807) is 12.3 Å². The Hall–Kier alpha value is -2.89. The molecule has 0 bridgehead atoms. The van der Waals surface area contributed by atoms with Crippen LogP contribution >= 0.6 is 0 Å². The zero-order valence-corrected chi connectivity index (χ0v) is 15.7. The molecule has 1 saturated heterocycles. The van der Waals surface area contributed by atoms with Gasteiger partial charge >= 0.3 is 0 Å². The summed E-state index contributed by atoms with van der Waals surface area (Å²) in [5, 5.41) is 2.97. The molecule has 3 amide bonds. The van der Waals surface area contributed by atoms with Crippen LogP contribution in [-0.4, -0.2) is 29.2 Å². The lowest BCUT2D eigenvalue weighted by Gasteiger charge is -2.19. The van der Waals surface area contributed by atoms with Gasteiger partial charge in [-0.2, -0.15) is 0 Å². The third-order valence-corrected chi connectivity index (χ3v) is 5.76. The summed E-state index contributed by atoms with van der Waals surface area (Å²) in [5.41, 5.74) is 0.908. The van der Waals surface area contributed by atoms with E-state index < -0.39 is 6.04 Å². The number of carbonyl (C=O) groups is 3. The van der Waals surface area contributed by atoms with E-state index in [2.05, 4.69) is 5.32 Å². The van der Waals surface area contributed by atoms with Gasteiger partial charge in [-0.1, -0.05) is 43.2 Å². The smallest absolute Gasteiger partial charge is 0.233 e. The van der Waals surface area contributed by atoms with E-state index in [1.165, 1.54) is 4.90 Å². The molecular weight excluding hydrogens is 356 g/mol. The Morgan fingerprint density at radius 2 is 1.71 bits per heavy atom. The molecule has 28 heavy (non-hydrogen) atoms. The number of hydrogen-bond acceptors (Lipinski definition) is 4. The van der Waals surface area contributed by atoms with Gasteiger partial charge in [0, 0.05) is 13.0 Å². The van der Waals surface area contributed by atoms with Crippen LogP contribution < -0.4 is 5.32 Å². The molecule has 4 rings (SSSR count). The predicted octanol–water partition coefficient (Wildman–Crippen LogP) is 3.05. The van der Waals surface area contributed by atoms with Gasteiger partial charge in [0.2, 0.25) is 17.7 Å². The van der Waals surface area contributed by atoms with E-state index in [9.17, 15) is 14.4 Å². The maximum absolute atomic E-state index is 12.6. The third kappa shape index (κ3) is 3.59. The lowest BCUT2D eigenvalue weighted by molar-refractivity contribution is -0.140. The van der Waals surface area contributed by atoms with Gasteiger partial charge < -0.3 is 9.73 Å². The first kappa shape index (κ1) is 18.5. The van der Waals surface area contributed by atoms with Gasteiger partial charge in [-0.3, -0.25) is 19.3 Å². The molecule has 0 spiro atoms. The average molecular weight is 380 g/mol. The first-order valence-corrected chi connectivity index (χ1v) is 9.88. The molecule has 2 fully saturated rings. The fraction of sp³-hybridized carbons (Fsp3) is 0.409. The minimum absolute atomic E-state index is 0.0843. The first-order valence-electron chi connectivity index (χ1n) is 9.88. The van der Waals surface area contributed by atoms with Crippen LogP contribution in [0.1, 0.15) is 49.5 Å². The van der Waals surface area contributed by atoms with Gasteiger partial charge in [0.25, 0.3) is 0 Å². The number of furan rings is 1. The van der Waals surface area contributed by atoms with E-state index in [-0.39, 0.29) is 42.5 Å². The van der Waals surface area contributed by atoms with Crippen molar-refractivity contribution in [1.82, 2.24) is 10.2 Å². The van der Waals surface area contributed by atoms with Crippen LogP contribution in [0, 0.1) is 11.8 Å². The highest BCUT2D eigenvalue weighted by Crippen LogP contribution is 2.38. The standard InChI is InChI=1S/C22H24N2O4/c25-19(12-13-24-21(26)16-9-4-5-10-17(16)22(24)27)23-20(18-11-6-14-28-18)15-7-2-1-3-8-15/h1-3,6-8,11,14,16-17,20H,4-5,9-10,12-13H2,(H,23,25)/t16-,17+,20-/m1/s1. The summed E-state index contributed by atoms with van der Waals surface area (Å²) in [6.45, 7) is 0.135. The summed E-state index contributed by atoms with van der Waals surface area (Å²) in [7, 11) is 0. The maximum Gasteiger partial charge on any atom is 0.233 e. The van der Waals surface area contributed by atoms with E-state index in [1.807, 2.05) is 36.4 Å². The van der Waals surface area contributed by atoms with Crippen LogP contribution in [0.25, 0.3) is 0 Å². The minimum Gasteiger partial charge on any atom is -0.467 e. The summed E-state index contributed by atoms with van der Waals surface area (Å²) in [5.74, 6) is -0.144. The van der Waals surface area contributed by atoms with Crippen LogP contribution in [0.5, 0.6) is 0 Å². The first-order chi connectivity index (χ1) is 13.6. The van der Waals surface area contributed by atoms with Crippen LogP contribution in [0.2, 0.25) is 0 Å². The van der Waals surface area contributed by atoms with Crippen LogP contribution in [0.3, 0.4) is 0 Å². The molecule has 2 aromatic rings. The number of hydrogen-bond donors (Lipinski definition) is 1. The number of carbonyl (C=O) groups excluding carboxylic acids is 3. The molecule has 2 heterocycles. The van der Waals surface area contributed by atoms with Crippen LogP contribution in [-0.2, 0) is 14.4 Å². The largest absolute Gasteiger partial charge is 0.467 e. The summed E-state index contributed by atoms with van der Waals surface area (Å²) in [6, 6.07) is 12.8. The van der Waals surface area contributed by atoms with Crippen molar-refractivity contribution in [3.8, 4) is 0 Å². The molecular formula is C22H24N2O4. The topological polar surface area (TPSA) is 79.6 Å². The van der Waals surface area contributed by atoms with Gasteiger partial charge in [-0.15, -0.1) is 0 Å². The van der Waals surface area contributed by atoms with Crippen molar-refractivity contribution in [2.24, 2.45) is 11.8 Å². The molecule has 6 nitrogen and oxygen atoms in total. The molecule has 0 radical (unpaired) electrons. The monoisotopic (exact) mass is 380 g/mol. The molecule has 6 heteroatoms. The summed E-state index contributed by atoms with van der Waals surface area (Å²) in [4.78, 5) is 39.0. The van der Waals surface area contributed by atoms with Crippen molar-refractivity contribution in [2.45, 2.75) is 38.1 Å². The third-order valence-electron chi connectivity index (χ3n) is 5.76. The van der Waals surface area contributed by atoms with Crippen molar-refractivity contribution in [3.63, 3.8) is 0 Å². The van der Waals surface area contributed by atoms with Crippen molar-refractivity contribution >= 4 is 17.7 Å². The molecule has 1 N–H and O–H groups in total. The number of nitrogens with one attached hydrogen (secondary N) is 1. The quantitative estimate of drug-likeness (QED) is 0.781.